The van der Waals surface area contributed by atoms with Crippen molar-refractivity contribution >= 4 is 83.2 Å². The molecule has 9 atom stereocenters. The number of nitrogens with zero attached hydrogens (tertiary/aromatic N) is 11. The SMILES string of the molecule is CNC(=O)[C@@H]1[C@@H](Cc2ccnc(N(Cc3ccc(OC)cc3)C(=O)OC(C)(C)C)c2)C(=O)N1C(=O)N1CCCC(c2ccc3c(c2)OC(F)(F)O3)C1.CNC(=O)[C@@H]1[C@@H](Cc2ccnc(N)c2)C(=O)N1C(=O)N1CCCC(c2ccc3c(c2)OC(F)(F)O3)C1.COc1ccc(CN(C(=O)OC(C)(C)C)c2cc(C[C@H]3C(=O)N(C(=O)N4CCCC(c5ccc6c(c5)OC(F)(F)O6)C4)[C@@H]3C(=O)O)ccn2)cc1. The monoisotopic (exact) mass is 1930 g/mol. The van der Waals surface area contributed by atoms with Crippen LogP contribution in [-0.2, 0) is 70.6 Å². The van der Waals surface area contributed by atoms with E-state index in [0.29, 0.717) is 91.3 Å². The molecule has 6 fully saturated rings. The number of pyridine rings is 3. The number of amides is 13. The number of aromatic nitrogens is 3. The number of methoxy groups -OCH3 is 2. The lowest BCUT2D eigenvalue weighted by Crippen LogP contribution is -2.70. The molecule has 0 bridgehead atoms. The van der Waals surface area contributed by atoms with Crippen LogP contribution in [-0.4, -0.2) is 231 Å². The van der Waals surface area contributed by atoms with E-state index in [9.17, 15) is 84.2 Å². The van der Waals surface area contributed by atoms with E-state index in [0.717, 1.165) is 43.4 Å². The molecular formula is C97H104F6N14O22. The number of nitrogen functional groups attached to an aromatic ring is 1. The molecule has 9 aliphatic rings. The van der Waals surface area contributed by atoms with Gasteiger partial charge in [-0.2, -0.15) is 0 Å². The van der Waals surface area contributed by atoms with Gasteiger partial charge >= 0.3 is 55.1 Å². The summed E-state index contributed by atoms with van der Waals surface area (Å²) in [5.41, 5.74) is 9.67. The van der Waals surface area contributed by atoms with Gasteiger partial charge < -0.3 is 83.5 Å². The van der Waals surface area contributed by atoms with E-state index < -0.39 is 132 Å². The Morgan fingerprint density at radius 3 is 1.05 bits per heavy atom. The maximum atomic E-state index is 13.8. The van der Waals surface area contributed by atoms with Gasteiger partial charge in [0.05, 0.1) is 45.1 Å². The molecule has 17 rings (SSSR count). The number of carbonyl (C=O) groups excluding carboxylic acids is 10. The number of ether oxygens (including phenoxy) is 10. The third kappa shape index (κ3) is 22.4. The van der Waals surface area contributed by atoms with E-state index >= 15 is 0 Å². The second-order valence-electron chi connectivity index (χ2n) is 36.7. The molecule has 42 heteroatoms. The average molecular weight is 1930 g/mol. The number of nitrogens with one attached hydrogen (secondary N) is 2. The van der Waals surface area contributed by atoms with Crippen molar-refractivity contribution in [1.29, 1.82) is 0 Å². The van der Waals surface area contributed by atoms with Crippen LogP contribution in [0.2, 0.25) is 0 Å². The molecule has 0 spiro atoms. The minimum absolute atomic E-state index is 0.0236. The van der Waals surface area contributed by atoms with Crippen LogP contribution in [0.1, 0.15) is 142 Å². The number of likely N-dealkylation sites (N-methyl/N-ethyl adjacent to an activating group) is 2. The number of rotatable bonds is 20. The topological polar surface area (TPSA) is 415 Å². The maximum Gasteiger partial charge on any atom is 0.586 e. The number of alkyl halides is 6. The van der Waals surface area contributed by atoms with Crippen LogP contribution in [0.5, 0.6) is 46.0 Å². The molecule has 139 heavy (non-hydrogen) atoms. The molecule has 9 aliphatic heterocycles. The predicted molar refractivity (Wildman–Crippen MR) is 482 cm³/mol. The van der Waals surface area contributed by atoms with Gasteiger partial charge in [-0.1, -0.05) is 42.5 Å². The van der Waals surface area contributed by atoms with Crippen LogP contribution >= 0.6 is 0 Å². The van der Waals surface area contributed by atoms with Crippen molar-refractivity contribution < 1.29 is 132 Å². The van der Waals surface area contributed by atoms with Crippen molar-refractivity contribution in [3.8, 4) is 46.0 Å². The summed E-state index contributed by atoms with van der Waals surface area (Å²) in [6, 6.07) is 32.6. The van der Waals surface area contributed by atoms with Crippen molar-refractivity contribution in [1.82, 2.24) is 55.0 Å². The van der Waals surface area contributed by atoms with E-state index in [-0.39, 0.29) is 116 Å². The summed E-state index contributed by atoms with van der Waals surface area (Å²) in [6.07, 6.45) is -3.82. The molecule has 3 aromatic heterocycles. The minimum atomic E-state index is -3.76. The predicted octanol–water partition coefficient (Wildman–Crippen LogP) is 13.4. The zero-order valence-electron chi connectivity index (χ0n) is 77.5. The molecular weight excluding hydrogens is 1830 g/mol. The highest BCUT2D eigenvalue weighted by Gasteiger charge is 2.59. The lowest BCUT2D eigenvalue weighted by Gasteiger charge is -2.47. The quantitative estimate of drug-likeness (QED) is 0.0407. The van der Waals surface area contributed by atoms with Crippen molar-refractivity contribution in [3.05, 3.63) is 203 Å². The van der Waals surface area contributed by atoms with Crippen LogP contribution in [0.15, 0.2) is 158 Å². The lowest BCUT2D eigenvalue weighted by molar-refractivity contribution is -0.287. The number of imide groups is 3. The highest BCUT2D eigenvalue weighted by Crippen LogP contribution is 2.49. The first-order chi connectivity index (χ1) is 65.9. The number of likely N-dealkylation sites (tertiary alicyclic amines) is 6. The second-order valence-corrected chi connectivity index (χ2v) is 36.7. The van der Waals surface area contributed by atoms with Crippen LogP contribution in [0, 0.1) is 17.8 Å². The van der Waals surface area contributed by atoms with Crippen LogP contribution in [0.4, 0.5) is 67.8 Å². The van der Waals surface area contributed by atoms with E-state index in [2.05, 4.69) is 54.0 Å². The van der Waals surface area contributed by atoms with Gasteiger partial charge in [-0.25, -0.2) is 48.6 Å². The Kier molecular flexibility index (Phi) is 28.4. The lowest BCUT2D eigenvalue weighted by atomic mass is 9.81. The summed E-state index contributed by atoms with van der Waals surface area (Å²) in [6.45, 7) is 12.5. The normalized spacial score (nSPS) is 21.6. The number of carboxylic acids is 1. The number of urea groups is 3. The minimum Gasteiger partial charge on any atom is -0.497 e. The Morgan fingerprint density at radius 2 is 0.741 bits per heavy atom. The summed E-state index contributed by atoms with van der Waals surface area (Å²) < 4.78 is 130. The first kappa shape index (κ1) is 98.6. The van der Waals surface area contributed by atoms with Gasteiger partial charge in [0.25, 0.3) is 0 Å². The first-order valence-electron chi connectivity index (χ1n) is 45.0. The molecule has 8 aromatic rings. The molecule has 736 valence electrons. The number of benzene rings is 5. The zero-order valence-corrected chi connectivity index (χ0v) is 77.5. The van der Waals surface area contributed by atoms with Gasteiger partial charge in [0.2, 0.25) is 29.5 Å². The summed E-state index contributed by atoms with van der Waals surface area (Å²) in [5, 5.41) is 15.3. The van der Waals surface area contributed by atoms with E-state index in [1.54, 1.807) is 147 Å². The van der Waals surface area contributed by atoms with E-state index in [1.807, 2.05) is 12.1 Å². The molecule has 0 aliphatic carbocycles. The zero-order chi connectivity index (χ0) is 99.6. The first-order valence-corrected chi connectivity index (χ1v) is 45.0. The van der Waals surface area contributed by atoms with Crippen molar-refractivity contribution in [3.63, 3.8) is 0 Å². The number of carbonyl (C=O) groups is 11. The molecule has 6 saturated heterocycles. The summed E-state index contributed by atoms with van der Waals surface area (Å²) in [7, 11) is 6.01. The van der Waals surface area contributed by atoms with Crippen LogP contribution in [0.3, 0.4) is 0 Å². The number of anilines is 3. The average Bonchev–Trinajstić information content (AvgIpc) is 0.790. The molecule has 0 saturated carbocycles. The number of halogens is 6. The number of β-lactam (4-membered cyclic amide) rings is 3. The fraction of sp³-hybridized carbons (Fsp3) is 0.423. The number of piperidine rings is 3. The highest BCUT2D eigenvalue weighted by atomic mass is 19.3. The van der Waals surface area contributed by atoms with E-state index in [1.165, 1.54) is 93.6 Å². The number of carboxylic acid groups (broad SMARTS) is 1. The standard InChI is InChI=1S/C37H41F2N5O8.C36H38F2N4O9.C24H25F2N5O5/c1-36(2,3)52-35(48)43(20-22-8-11-26(49-5)12-9-22)30-18-23(14-15-41-30)17-27-31(32(45)40-4)44(33(27)46)34(47)42-16-6-7-25(21-42)24-10-13-28-29(19-24)51-37(38,39)50-28;1-35(2,3)51-34(47)41(19-21-7-10-25(48-4)11-8-21)29-17-22(13-14-39-29)16-26-30(32(44)45)42(31(26)43)33(46)40-15-5-6-24(20-40)23-9-12-27-28(18-23)50-36(37,38)49-27;1-28-21(32)20-16(9-13-6-7-29-19(27)10-13)22(33)31(20)23(34)30-8-2-3-15(12-30)14-4-5-17-18(11-14)36-24(25,26)35-17/h8-15,18-19,25,27,31H,6-7,16-17,20-21H2,1-5H3,(H,40,45);7-14,17-18,24,26,30H,5-6,15-16,19-20H2,1-4H3,(H,44,45);4-7,10-11,15-16,20H,2-3,8-9,12H2,1H3,(H2,27,29)(H,28,32)/t25?,27-,31+;24?,26-,30+;15?,16-,20+/m111/s1. The molecule has 3 unspecified atom stereocenters. The molecule has 0 radical (unpaired) electrons. The number of aliphatic carboxylic acids is 1. The van der Waals surface area contributed by atoms with Crippen molar-refractivity contribution in [2.45, 2.75) is 178 Å². The highest BCUT2D eigenvalue weighted by molar-refractivity contribution is 6.11. The number of nitrogens with two attached hydrogens (primary N) is 1. The Hall–Kier alpha value is -14.9. The van der Waals surface area contributed by atoms with Gasteiger partial charge in [-0.05, 0) is 241 Å². The van der Waals surface area contributed by atoms with Gasteiger partial charge in [-0.15, -0.1) is 26.3 Å². The Labute approximate surface area is 794 Å². The number of hydrogen-bond acceptors (Lipinski definition) is 25. The maximum absolute atomic E-state index is 13.8. The molecule has 5 N–H and O–H groups in total. The third-order valence-corrected chi connectivity index (χ3v) is 24.9. The van der Waals surface area contributed by atoms with Gasteiger partial charge in [0.15, 0.2) is 40.5 Å². The largest absolute Gasteiger partial charge is 0.586 e. The van der Waals surface area contributed by atoms with Crippen molar-refractivity contribution in [2.75, 3.05) is 83.1 Å². The number of fused-ring (bicyclic) bond motifs is 3. The summed E-state index contributed by atoms with van der Waals surface area (Å²) >= 11 is 0. The second kappa shape index (κ2) is 40.0. The molecule has 12 heterocycles. The fourth-order valence-corrected chi connectivity index (χ4v) is 18.2. The Bertz CT molecular complexity index is 6030. The Balaban J connectivity index is 0.000000161. The van der Waals surface area contributed by atoms with Gasteiger partial charge in [0, 0.05) is 89.7 Å². The molecule has 5 aromatic carbocycles. The molecule has 36 nitrogen and oxygen atoms in total. The number of hydrogen-bond donors (Lipinski definition) is 4. The van der Waals surface area contributed by atoms with Crippen LogP contribution < -0.4 is 64.1 Å². The van der Waals surface area contributed by atoms with Gasteiger partial charge in [0.1, 0.15) is 52.2 Å². The van der Waals surface area contributed by atoms with Crippen molar-refractivity contribution in [2.24, 2.45) is 17.8 Å². The van der Waals surface area contributed by atoms with E-state index in [4.69, 9.17) is 24.7 Å². The fourth-order valence-electron chi connectivity index (χ4n) is 18.2. The van der Waals surface area contributed by atoms with Crippen LogP contribution in [0.25, 0.3) is 0 Å². The molecule has 13 amide bonds. The van der Waals surface area contributed by atoms with Gasteiger partial charge in [-0.3, -0.25) is 43.6 Å². The Morgan fingerprint density at radius 1 is 0.432 bits per heavy atom. The summed E-state index contributed by atoms with van der Waals surface area (Å²) in [5.74, 6) is -5.41. The smallest absolute Gasteiger partial charge is 0.497 e. The summed E-state index contributed by atoms with van der Waals surface area (Å²) in [4.78, 5) is 169. The third-order valence-electron chi connectivity index (χ3n) is 24.9.